The number of carbonyl (C=O) groups is 1. The van der Waals surface area contributed by atoms with E-state index in [0.29, 0.717) is 18.4 Å². The van der Waals surface area contributed by atoms with Crippen LogP contribution in [0.1, 0.15) is 62.9 Å². The van der Waals surface area contributed by atoms with Crippen LogP contribution in [-0.2, 0) is 17.6 Å². The third-order valence-electron chi connectivity index (χ3n) is 6.41. The fourth-order valence-corrected chi connectivity index (χ4v) is 5.36. The SMILES string of the molecule is CCN(C(=O)C1CCCN1c1nc2c(c(Nc3cc(C(C)C)[nH]n3)n1)CCC2)c1nccs1. The number of hydrogen-bond acceptors (Lipinski definition) is 8. The van der Waals surface area contributed by atoms with Crippen LogP contribution >= 0.6 is 11.3 Å². The van der Waals surface area contributed by atoms with Crippen LogP contribution in [0, 0.1) is 0 Å². The first kappa shape index (κ1) is 21.8. The number of likely N-dealkylation sites (N-methyl/N-ethyl adjacent to an activating group) is 1. The molecule has 1 unspecified atom stereocenters. The summed E-state index contributed by atoms with van der Waals surface area (Å²) in [7, 11) is 0. The molecule has 2 N–H and O–H groups in total. The second-order valence-corrected chi connectivity index (χ2v) is 9.76. The van der Waals surface area contributed by atoms with E-state index in [1.807, 2.05) is 18.4 Å². The average molecular weight is 467 g/mol. The summed E-state index contributed by atoms with van der Waals surface area (Å²) in [5, 5.41) is 13.6. The normalized spacial score (nSPS) is 17.6. The molecule has 1 aliphatic heterocycles. The van der Waals surface area contributed by atoms with Crippen molar-refractivity contribution >= 4 is 40.0 Å². The fraction of sp³-hybridized carbons (Fsp3) is 0.522. The van der Waals surface area contributed by atoms with Crippen molar-refractivity contribution in [2.45, 2.75) is 64.8 Å². The maximum atomic E-state index is 13.5. The zero-order chi connectivity index (χ0) is 22.9. The molecule has 0 radical (unpaired) electrons. The molecule has 0 spiro atoms. The summed E-state index contributed by atoms with van der Waals surface area (Å²) in [4.78, 5) is 31.5. The minimum atomic E-state index is -0.279. The molecule has 0 saturated carbocycles. The zero-order valence-corrected chi connectivity index (χ0v) is 20.2. The number of nitrogens with one attached hydrogen (secondary N) is 2. The van der Waals surface area contributed by atoms with Gasteiger partial charge in [-0.3, -0.25) is 14.8 Å². The Morgan fingerprint density at radius 3 is 2.94 bits per heavy atom. The zero-order valence-electron chi connectivity index (χ0n) is 19.3. The van der Waals surface area contributed by atoms with E-state index in [9.17, 15) is 4.79 Å². The molecule has 1 aliphatic carbocycles. The van der Waals surface area contributed by atoms with Gasteiger partial charge in [0.05, 0.1) is 5.69 Å². The van der Waals surface area contributed by atoms with E-state index in [2.05, 4.69) is 39.2 Å². The number of rotatable bonds is 7. The van der Waals surface area contributed by atoms with Crippen LogP contribution in [0.3, 0.4) is 0 Å². The number of aromatic nitrogens is 5. The molecule has 1 fully saturated rings. The van der Waals surface area contributed by atoms with Crippen molar-refractivity contribution in [3.8, 4) is 0 Å². The summed E-state index contributed by atoms with van der Waals surface area (Å²) in [5.41, 5.74) is 3.32. The summed E-state index contributed by atoms with van der Waals surface area (Å²) in [5.74, 6) is 2.63. The van der Waals surface area contributed by atoms with Crippen LogP contribution in [0.2, 0.25) is 0 Å². The van der Waals surface area contributed by atoms with Gasteiger partial charge in [0.1, 0.15) is 11.9 Å². The summed E-state index contributed by atoms with van der Waals surface area (Å²) in [6, 6.07) is 1.75. The standard InChI is InChI=1S/C23H30N8OS/c1-4-30(23-24-10-12-33-23)21(32)18-9-6-11-31(18)22-25-16-8-5-7-15(16)20(27-22)26-19-13-17(14(2)3)28-29-19/h10,12-14,18H,4-9,11H2,1-3H3,(H2,25,26,27,28,29). The molecule has 1 atom stereocenters. The summed E-state index contributed by atoms with van der Waals surface area (Å²) in [6.45, 7) is 7.61. The monoisotopic (exact) mass is 466 g/mol. The van der Waals surface area contributed by atoms with Crippen molar-refractivity contribution in [2.75, 3.05) is 28.2 Å². The Balaban J connectivity index is 1.44. The predicted molar refractivity (Wildman–Crippen MR) is 131 cm³/mol. The van der Waals surface area contributed by atoms with Crippen molar-refractivity contribution in [1.82, 2.24) is 25.1 Å². The van der Waals surface area contributed by atoms with Gasteiger partial charge in [0.25, 0.3) is 5.91 Å². The number of H-pyrrole nitrogens is 1. The molecule has 1 saturated heterocycles. The van der Waals surface area contributed by atoms with Crippen molar-refractivity contribution in [1.29, 1.82) is 0 Å². The number of hydrogen-bond donors (Lipinski definition) is 2. The Bertz CT molecular complexity index is 1130. The number of fused-ring (bicyclic) bond motifs is 1. The molecular formula is C23H30N8OS. The highest BCUT2D eigenvalue weighted by atomic mass is 32.1. The quantitative estimate of drug-likeness (QED) is 0.542. The number of aromatic amines is 1. The van der Waals surface area contributed by atoms with Crippen LogP contribution in [0.4, 0.5) is 22.7 Å². The minimum absolute atomic E-state index is 0.0671. The lowest BCUT2D eigenvalue weighted by molar-refractivity contribution is -0.119. The first-order valence-corrected chi connectivity index (χ1v) is 12.6. The maximum Gasteiger partial charge on any atom is 0.251 e. The van der Waals surface area contributed by atoms with Gasteiger partial charge in [-0.1, -0.05) is 13.8 Å². The number of amides is 1. The van der Waals surface area contributed by atoms with Crippen LogP contribution in [0.25, 0.3) is 0 Å². The molecule has 4 heterocycles. The van der Waals surface area contributed by atoms with E-state index in [1.165, 1.54) is 11.3 Å². The van der Waals surface area contributed by atoms with Gasteiger partial charge in [-0.15, -0.1) is 11.3 Å². The number of carbonyl (C=O) groups excluding carboxylic acids is 1. The first-order chi connectivity index (χ1) is 16.0. The molecule has 1 amide bonds. The van der Waals surface area contributed by atoms with Crippen LogP contribution in [0.5, 0.6) is 0 Å². The molecule has 33 heavy (non-hydrogen) atoms. The van der Waals surface area contributed by atoms with Gasteiger partial charge in [0, 0.05) is 42.0 Å². The predicted octanol–water partition coefficient (Wildman–Crippen LogP) is 4.03. The van der Waals surface area contributed by atoms with Crippen molar-refractivity contribution in [3.63, 3.8) is 0 Å². The summed E-state index contributed by atoms with van der Waals surface area (Å²) in [6.07, 6.45) is 6.42. The Hall–Kier alpha value is -3.01. The molecule has 3 aromatic rings. The van der Waals surface area contributed by atoms with Gasteiger partial charge in [0.2, 0.25) is 5.95 Å². The van der Waals surface area contributed by atoms with Gasteiger partial charge in [-0.2, -0.15) is 10.1 Å². The van der Waals surface area contributed by atoms with Gasteiger partial charge in [0.15, 0.2) is 10.9 Å². The average Bonchev–Trinajstić information content (AvgIpc) is 3.61. The third kappa shape index (κ3) is 4.19. The Morgan fingerprint density at radius 2 is 2.21 bits per heavy atom. The number of thiazole rings is 1. The Labute approximate surface area is 197 Å². The lowest BCUT2D eigenvalue weighted by Gasteiger charge is -2.29. The first-order valence-electron chi connectivity index (χ1n) is 11.7. The van der Waals surface area contributed by atoms with Gasteiger partial charge in [-0.05, 0) is 44.9 Å². The molecule has 10 heteroatoms. The van der Waals surface area contributed by atoms with E-state index < -0.39 is 0 Å². The summed E-state index contributed by atoms with van der Waals surface area (Å²) < 4.78 is 0. The van der Waals surface area contributed by atoms with Gasteiger partial charge >= 0.3 is 0 Å². The molecule has 5 rings (SSSR count). The molecule has 0 aromatic carbocycles. The maximum absolute atomic E-state index is 13.5. The van der Waals surface area contributed by atoms with E-state index in [-0.39, 0.29) is 11.9 Å². The van der Waals surface area contributed by atoms with Crippen LogP contribution < -0.4 is 15.1 Å². The Morgan fingerprint density at radius 1 is 1.33 bits per heavy atom. The number of nitrogens with zero attached hydrogens (tertiary/aromatic N) is 6. The second kappa shape index (κ2) is 9.09. The highest BCUT2D eigenvalue weighted by Gasteiger charge is 2.37. The van der Waals surface area contributed by atoms with E-state index in [0.717, 1.165) is 72.4 Å². The van der Waals surface area contributed by atoms with Crippen molar-refractivity contribution in [2.24, 2.45) is 0 Å². The molecule has 0 bridgehead atoms. The largest absolute Gasteiger partial charge is 0.329 e. The van der Waals surface area contributed by atoms with Crippen LogP contribution in [-0.4, -0.2) is 50.2 Å². The number of aryl methyl sites for hydroxylation is 1. The minimum Gasteiger partial charge on any atom is -0.329 e. The lowest BCUT2D eigenvalue weighted by Crippen LogP contribution is -2.46. The van der Waals surface area contributed by atoms with Gasteiger partial charge < -0.3 is 10.2 Å². The molecule has 3 aromatic heterocycles. The van der Waals surface area contributed by atoms with Crippen molar-refractivity contribution < 1.29 is 4.79 Å². The molecule has 174 valence electrons. The third-order valence-corrected chi connectivity index (χ3v) is 7.21. The second-order valence-electron chi connectivity index (χ2n) is 8.89. The van der Waals surface area contributed by atoms with Crippen molar-refractivity contribution in [3.05, 3.63) is 34.6 Å². The molecule has 9 nitrogen and oxygen atoms in total. The lowest BCUT2D eigenvalue weighted by atomic mass is 10.1. The Kier molecular flexibility index (Phi) is 6.01. The van der Waals surface area contributed by atoms with E-state index in [1.54, 1.807) is 11.1 Å². The molecular weight excluding hydrogens is 436 g/mol. The molecule has 2 aliphatic rings. The topological polar surface area (TPSA) is 103 Å². The highest BCUT2D eigenvalue weighted by molar-refractivity contribution is 7.13. The highest BCUT2D eigenvalue weighted by Crippen LogP contribution is 2.33. The van der Waals surface area contributed by atoms with E-state index in [4.69, 9.17) is 9.97 Å². The van der Waals surface area contributed by atoms with E-state index >= 15 is 0 Å². The smallest absolute Gasteiger partial charge is 0.251 e. The summed E-state index contributed by atoms with van der Waals surface area (Å²) >= 11 is 1.49. The number of anilines is 4. The fourth-order valence-electron chi connectivity index (χ4n) is 4.65. The van der Waals surface area contributed by atoms with Gasteiger partial charge in [-0.25, -0.2) is 9.97 Å². The van der Waals surface area contributed by atoms with Crippen LogP contribution in [0.15, 0.2) is 17.6 Å².